The first-order chi connectivity index (χ1) is 12.9. The van der Waals surface area contributed by atoms with Crippen LogP contribution in [0.5, 0.6) is 0 Å². The minimum atomic E-state index is -0.840. The molecule has 0 aromatic heterocycles. The third-order valence-electron chi connectivity index (χ3n) is 5.58. The van der Waals surface area contributed by atoms with Crippen molar-refractivity contribution in [2.24, 2.45) is 5.41 Å². The number of hydrogen-bond donors (Lipinski definition) is 1. The number of piperazine rings is 1. The molecule has 5 rings (SSSR count). The fraction of sp³-hybridized carbons (Fsp3) is 0.474. The average Bonchev–Trinajstić information content (AvgIpc) is 3.44. The molecule has 3 saturated heterocycles. The van der Waals surface area contributed by atoms with Crippen molar-refractivity contribution in [3.05, 3.63) is 30.1 Å². The summed E-state index contributed by atoms with van der Waals surface area (Å²) < 4.78 is 12.9. The number of piperidine rings is 1. The highest BCUT2D eigenvalue weighted by atomic mass is 19.1. The van der Waals surface area contributed by atoms with Crippen molar-refractivity contribution in [1.82, 2.24) is 9.80 Å². The van der Waals surface area contributed by atoms with Crippen LogP contribution in [0, 0.1) is 22.6 Å². The molecule has 3 aliphatic heterocycles. The number of nitrogens with zero attached hydrogens (tertiary/aromatic N) is 3. The molecule has 1 N–H and O–H groups in total. The van der Waals surface area contributed by atoms with E-state index in [0.717, 1.165) is 6.42 Å². The van der Waals surface area contributed by atoms with Crippen LogP contribution < -0.4 is 5.32 Å². The fourth-order valence-corrected chi connectivity index (χ4v) is 3.95. The zero-order chi connectivity index (χ0) is 19.2. The lowest BCUT2D eigenvalue weighted by Gasteiger charge is -2.56. The lowest BCUT2D eigenvalue weighted by Crippen LogP contribution is -2.71. The topological polar surface area (TPSA) is 93.5 Å². The highest BCUT2D eigenvalue weighted by Gasteiger charge is 2.56. The normalized spacial score (nSPS) is 24.4. The molecule has 2 atom stereocenters. The van der Waals surface area contributed by atoms with E-state index < -0.39 is 17.1 Å². The van der Waals surface area contributed by atoms with Crippen molar-refractivity contribution in [2.45, 2.75) is 37.8 Å². The maximum Gasteiger partial charge on any atom is 0.243 e. The Labute approximate surface area is 155 Å². The van der Waals surface area contributed by atoms with Crippen LogP contribution in [0.4, 0.5) is 10.1 Å². The highest BCUT2D eigenvalue weighted by molar-refractivity contribution is 6.04. The van der Waals surface area contributed by atoms with E-state index in [1.165, 1.54) is 24.3 Å². The molecule has 2 bridgehead atoms. The van der Waals surface area contributed by atoms with Crippen LogP contribution >= 0.6 is 0 Å². The second-order valence-electron chi connectivity index (χ2n) is 7.48. The number of nitriles is 1. The molecule has 4 aliphatic rings. The van der Waals surface area contributed by atoms with Crippen LogP contribution in [0.25, 0.3) is 0 Å². The summed E-state index contributed by atoms with van der Waals surface area (Å²) in [6.45, 7) is 0.841. The standard InChI is InChI=1S/C19H19FN4O3/c20-12-1-3-13(4-2-12)22-16(25)8-17(26)24-14-7-15(24)10-23(9-14)18(27)19(11-21)5-6-19/h1-4,14-15H,5-10H2,(H,22,25). The largest absolute Gasteiger partial charge is 0.337 e. The Morgan fingerprint density at radius 1 is 1.19 bits per heavy atom. The number of carbonyl (C=O) groups is 3. The Bertz CT molecular complexity index is 832. The third kappa shape index (κ3) is 3.14. The monoisotopic (exact) mass is 370 g/mol. The summed E-state index contributed by atoms with van der Waals surface area (Å²) >= 11 is 0. The molecule has 1 saturated carbocycles. The summed E-state index contributed by atoms with van der Waals surface area (Å²) in [5.41, 5.74) is -0.408. The van der Waals surface area contributed by atoms with Crippen molar-refractivity contribution in [3.63, 3.8) is 0 Å². The lowest BCUT2D eigenvalue weighted by molar-refractivity contribution is -0.162. The Morgan fingerprint density at radius 2 is 1.81 bits per heavy atom. The molecule has 1 aliphatic carbocycles. The van der Waals surface area contributed by atoms with Gasteiger partial charge < -0.3 is 15.1 Å². The highest BCUT2D eigenvalue weighted by Crippen LogP contribution is 2.47. The minimum Gasteiger partial charge on any atom is -0.337 e. The third-order valence-corrected chi connectivity index (χ3v) is 5.58. The maximum absolute atomic E-state index is 12.9. The number of fused-ring (bicyclic) bond motifs is 2. The number of carbonyl (C=O) groups excluding carboxylic acids is 3. The van der Waals surface area contributed by atoms with Gasteiger partial charge in [0.05, 0.1) is 18.2 Å². The molecule has 3 amide bonds. The van der Waals surface area contributed by atoms with E-state index in [0.29, 0.717) is 31.6 Å². The molecule has 4 fully saturated rings. The molecule has 1 aromatic rings. The first kappa shape index (κ1) is 17.5. The van der Waals surface area contributed by atoms with Crippen molar-refractivity contribution in [3.8, 4) is 6.07 Å². The summed E-state index contributed by atoms with van der Waals surface area (Å²) in [6, 6.07) is 7.27. The molecular weight excluding hydrogens is 351 g/mol. The Hall–Kier alpha value is -2.95. The number of rotatable bonds is 4. The summed E-state index contributed by atoms with van der Waals surface area (Å²) in [7, 11) is 0. The molecule has 0 spiro atoms. The average molecular weight is 370 g/mol. The van der Waals surface area contributed by atoms with E-state index in [1.54, 1.807) is 9.80 Å². The van der Waals surface area contributed by atoms with Gasteiger partial charge in [0, 0.05) is 18.8 Å². The van der Waals surface area contributed by atoms with E-state index in [1.807, 2.05) is 0 Å². The van der Waals surface area contributed by atoms with Crippen molar-refractivity contribution in [1.29, 1.82) is 5.26 Å². The predicted molar refractivity (Wildman–Crippen MR) is 92.5 cm³/mol. The van der Waals surface area contributed by atoms with Crippen molar-refractivity contribution in [2.75, 3.05) is 18.4 Å². The van der Waals surface area contributed by atoms with E-state index in [-0.39, 0.29) is 30.3 Å². The lowest BCUT2D eigenvalue weighted by atomic mass is 9.86. The second-order valence-corrected chi connectivity index (χ2v) is 7.48. The van der Waals surface area contributed by atoms with Crippen molar-refractivity contribution < 1.29 is 18.8 Å². The number of benzene rings is 1. The quantitative estimate of drug-likeness (QED) is 0.808. The molecule has 2 unspecified atom stereocenters. The van der Waals surface area contributed by atoms with Gasteiger partial charge >= 0.3 is 0 Å². The Morgan fingerprint density at radius 3 is 2.37 bits per heavy atom. The minimum absolute atomic E-state index is 0.0895. The summed E-state index contributed by atoms with van der Waals surface area (Å²) in [5.74, 6) is -1.25. The molecule has 8 heteroatoms. The van der Waals surface area contributed by atoms with Gasteiger partial charge in [-0.05, 0) is 43.5 Å². The molecule has 3 heterocycles. The van der Waals surface area contributed by atoms with E-state index in [9.17, 15) is 24.0 Å². The zero-order valence-corrected chi connectivity index (χ0v) is 14.7. The Kier molecular flexibility index (Phi) is 4.10. The van der Waals surface area contributed by atoms with E-state index in [2.05, 4.69) is 11.4 Å². The maximum atomic E-state index is 12.9. The number of anilines is 1. The Balaban J connectivity index is 1.31. The van der Waals surface area contributed by atoms with Gasteiger partial charge in [-0.25, -0.2) is 4.39 Å². The molecule has 1 aromatic carbocycles. The smallest absolute Gasteiger partial charge is 0.243 e. The van der Waals surface area contributed by atoms with Gasteiger partial charge in [0.1, 0.15) is 17.7 Å². The first-order valence-corrected chi connectivity index (χ1v) is 8.99. The van der Waals surface area contributed by atoms with Crippen LogP contribution in [-0.2, 0) is 14.4 Å². The molecule has 27 heavy (non-hydrogen) atoms. The second kappa shape index (κ2) is 6.34. The number of nitrogens with one attached hydrogen (secondary N) is 1. The van der Waals surface area contributed by atoms with Crippen molar-refractivity contribution >= 4 is 23.4 Å². The molecule has 140 valence electrons. The zero-order valence-electron chi connectivity index (χ0n) is 14.7. The van der Waals surface area contributed by atoms with Gasteiger partial charge in [-0.3, -0.25) is 14.4 Å². The number of amides is 3. The van der Waals surface area contributed by atoms with Crippen LogP contribution in [-0.4, -0.2) is 52.7 Å². The summed E-state index contributed by atoms with van der Waals surface area (Å²) in [5, 5.41) is 11.8. The fourth-order valence-electron chi connectivity index (χ4n) is 3.95. The van der Waals surface area contributed by atoms with Crippen LogP contribution in [0.2, 0.25) is 0 Å². The number of halogens is 1. The van der Waals surface area contributed by atoms with Crippen LogP contribution in [0.15, 0.2) is 24.3 Å². The predicted octanol–water partition coefficient (Wildman–Crippen LogP) is 1.27. The summed E-state index contributed by atoms with van der Waals surface area (Å²) in [4.78, 5) is 40.4. The summed E-state index contributed by atoms with van der Waals surface area (Å²) in [6.07, 6.45) is 1.75. The van der Waals surface area contributed by atoms with Gasteiger partial charge in [-0.1, -0.05) is 0 Å². The number of hydrogen-bond acceptors (Lipinski definition) is 4. The molecular formula is C19H19FN4O3. The van der Waals surface area contributed by atoms with Crippen LogP contribution in [0.1, 0.15) is 25.7 Å². The van der Waals surface area contributed by atoms with Gasteiger partial charge in [-0.2, -0.15) is 5.26 Å². The first-order valence-electron chi connectivity index (χ1n) is 8.99. The SMILES string of the molecule is N#CC1(C(=O)N2CC3CC(C2)N3C(=O)CC(=O)Nc2ccc(F)cc2)CC1. The molecule has 0 radical (unpaired) electrons. The van der Waals surface area contributed by atoms with Gasteiger partial charge in [0.2, 0.25) is 17.7 Å². The van der Waals surface area contributed by atoms with E-state index >= 15 is 0 Å². The van der Waals surface area contributed by atoms with Gasteiger partial charge in [0.25, 0.3) is 0 Å². The van der Waals surface area contributed by atoms with E-state index in [4.69, 9.17) is 0 Å². The molecule has 7 nitrogen and oxygen atoms in total. The van der Waals surface area contributed by atoms with Gasteiger partial charge in [0.15, 0.2) is 0 Å². The van der Waals surface area contributed by atoms with Crippen LogP contribution in [0.3, 0.4) is 0 Å². The van der Waals surface area contributed by atoms with Gasteiger partial charge in [-0.15, -0.1) is 0 Å².